The highest BCUT2D eigenvalue weighted by atomic mass is 19.1. The Balaban J connectivity index is 1.67. The summed E-state index contributed by atoms with van der Waals surface area (Å²) in [7, 11) is 0. The minimum atomic E-state index is -0.845. The van der Waals surface area contributed by atoms with E-state index in [1.54, 1.807) is 18.2 Å². The number of pyridine rings is 1. The largest absolute Gasteiger partial charge is 0.487 e. The van der Waals surface area contributed by atoms with Gasteiger partial charge in [0.25, 0.3) is 5.69 Å². The Bertz CT molecular complexity index is 1090. The van der Waals surface area contributed by atoms with E-state index < -0.39 is 10.7 Å². The van der Waals surface area contributed by atoms with Crippen molar-refractivity contribution in [3.63, 3.8) is 0 Å². The second-order valence-electron chi connectivity index (χ2n) is 6.52. The van der Waals surface area contributed by atoms with Crippen molar-refractivity contribution in [3.8, 4) is 23.0 Å². The molecule has 162 valence electrons. The average Bonchev–Trinajstić information content (AvgIpc) is 2.75. The molecule has 0 fully saturated rings. The lowest BCUT2D eigenvalue weighted by atomic mass is 10.1. The summed E-state index contributed by atoms with van der Waals surface area (Å²) in [6.07, 6.45) is 1.51. The number of benzene rings is 2. The molecule has 0 radical (unpaired) electrons. The molecule has 2 aromatic carbocycles. The first-order valence-corrected chi connectivity index (χ1v) is 9.57. The van der Waals surface area contributed by atoms with Crippen molar-refractivity contribution in [2.24, 2.45) is 0 Å². The molecule has 0 atom stereocenters. The van der Waals surface area contributed by atoms with Crippen molar-refractivity contribution >= 4 is 16.6 Å². The number of rotatable bonds is 3. The SMILES string of the molecule is O=[N+]([O-])c1ccc(Oc2ccnc3cc4c(cc23)OCCOCCOCCO4)c(F)c1. The molecule has 0 aliphatic carbocycles. The van der Waals surface area contributed by atoms with Gasteiger partial charge in [-0.25, -0.2) is 4.39 Å². The van der Waals surface area contributed by atoms with Crippen LogP contribution in [0.2, 0.25) is 0 Å². The van der Waals surface area contributed by atoms with Gasteiger partial charge in [-0.05, 0) is 18.2 Å². The van der Waals surface area contributed by atoms with Gasteiger partial charge in [-0.1, -0.05) is 0 Å². The van der Waals surface area contributed by atoms with Crippen LogP contribution in [0.3, 0.4) is 0 Å². The highest BCUT2D eigenvalue weighted by Gasteiger charge is 2.16. The Morgan fingerprint density at radius 3 is 2.26 bits per heavy atom. The molecule has 3 aromatic rings. The van der Waals surface area contributed by atoms with Crippen LogP contribution >= 0.6 is 0 Å². The van der Waals surface area contributed by atoms with Crippen LogP contribution in [0.15, 0.2) is 42.6 Å². The smallest absolute Gasteiger partial charge is 0.272 e. The second-order valence-corrected chi connectivity index (χ2v) is 6.52. The number of aromatic nitrogens is 1. The van der Waals surface area contributed by atoms with E-state index in [1.165, 1.54) is 18.3 Å². The molecule has 10 heteroatoms. The molecule has 0 amide bonds. The van der Waals surface area contributed by atoms with E-state index in [9.17, 15) is 14.5 Å². The molecular formula is C21H19FN2O7. The van der Waals surface area contributed by atoms with Crippen LogP contribution in [0.4, 0.5) is 10.1 Å². The summed E-state index contributed by atoms with van der Waals surface area (Å²) in [6.45, 7) is 2.36. The van der Waals surface area contributed by atoms with Gasteiger partial charge in [-0.15, -0.1) is 0 Å². The predicted molar refractivity (Wildman–Crippen MR) is 107 cm³/mol. The van der Waals surface area contributed by atoms with E-state index in [1.807, 2.05) is 0 Å². The van der Waals surface area contributed by atoms with Crippen LogP contribution in [0.1, 0.15) is 0 Å². The number of hydrogen-bond donors (Lipinski definition) is 0. The Labute approximate surface area is 176 Å². The molecule has 1 aliphatic rings. The maximum atomic E-state index is 14.3. The Kier molecular flexibility index (Phi) is 6.39. The summed E-state index contributed by atoms with van der Waals surface area (Å²) in [5.41, 5.74) is 0.188. The zero-order chi connectivity index (χ0) is 21.6. The van der Waals surface area contributed by atoms with Crippen molar-refractivity contribution in [1.29, 1.82) is 0 Å². The number of fused-ring (bicyclic) bond motifs is 2. The van der Waals surface area contributed by atoms with Crippen LogP contribution in [0.25, 0.3) is 10.9 Å². The minimum Gasteiger partial charge on any atom is -0.487 e. The van der Waals surface area contributed by atoms with Crippen LogP contribution in [-0.2, 0) is 9.47 Å². The number of nitro benzene ring substituents is 1. The summed E-state index contributed by atoms with van der Waals surface area (Å²) in [5.74, 6) is 0.271. The molecule has 9 nitrogen and oxygen atoms in total. The van der Waals surface area contributed by atoms with Gasteiger partial charge >= 0.3 is 0 Å². The third-order valence-corrected chi connectivity index (χ3v) is 4.46. The predicted octanol–water partition coefficient (Wildman–Crippen LogP) is 3.88. The first kappa shape index (κ1) is 20.8. The third kappa shape index (κ3) is 4.98. The zero-order valence-corrected chi connectivity index (χ0v) is 16.4. The Hall–Kier alpha value is -3.50. The van der Waals surface area contributed by atoms with Gasteiger partial charge in [0.1, 0.15) is 19.0 Å². The number of nitrogens with zero attached hydrogens (tertiary/aromatic N) is 2. The number of hydrogen-bond acceptors (Lipinski definition) is 8. The summed E-state index contributed by atoms with van der Waals surface area (Å²) in [4.78, 5) is 14.5. The fraction of sp³-hybridized carbons (Fsp3) is 0.286. The van der Waals surface area contributed by atoms with Crippen LogP contribution in [-0.4, -0.2) is 49.5 Å². The minimum absolute atomic E-state index is 0.145. The monoisotopic (exact) mass is 430 g/mol. The van der Waals surface area contributed by atoms with Gasteiger partial charge in [0.05, 0.1) is 42.9 Å². The van der Waals surface area contributed by atoms with Gasteiger partial charge in [0.2, 0.25) is 0 Å². The maximum absolute atomic E-state index is 14.3. The fourth-order valence-corrected chi connectivity index (χ4v) is 2.99. The van der Waals surface area contributed by atoms with Crippen molar-refractivity contribution in [2.45, 2.75) is 0 Å². The van der Waals surface area contributed by atoms with Gasteiger partial charge < -0.3 is 23.7 Å². The van der Waals surface area contributed by atoms with E-state index in [2.05, 4.69) is 4.98 Å². The van der Waals surface area contributed by atoms with E-state index in [-0.39, 0.29) is 11.4 Å². The molecule has 0 unspecified atom stereocenters. The van der Waals surface area contributed by atoms with E-state index in [0.717, 1.165) is 6.07 Å². The van der Waals surface area contributed by atoms with Crippen molar-refractivity contribution in [1.82, 2.24) is 4.98 Å². The Morgan fingerprint density at radius 1 is 0.903 bits per heavy atom. The highest BCUT2D eigenvalue weighted by molar-refractivity contribution is 5.88. The van der Waals surface area contributed by atoms with E-state index >= 15 is 0 Å². The number of non-ortho nitro benzene ring substituents is 1. The van der Waals surface area contributed by atoms with Crippen LogP contribution in [0, 0.1) is 15.9 Å². The van der Waals surface area contributed by atoms with Gasteiger partial charge in [-0.2, -0.15) is 0 Å². The first-order valence-electron chi connectivity index (χ1n) is 9.57. The molecule has 1 aliphatic heterocycles. The van der Waals surface area contributed by atoms with Gasteiger partial charge in [-0.3, -0.25) is 15.1 Å². The molecule has 4 rings (SSSR count). The summed E-state index contributed by atoms with van der Waals surface area (Å²) < 4.78 is 42.5. The highest BCUT2D eigenvalue weighted by Crippen LogP contribution is 2.38. The number of halogens is 1. The summed E-state index contributed by atoms with van der Waals surface area (Å²) in [5, 5.41) is 11.4. The van der Waals surface area contributed by atoms with Crippen molar-refractivity contribution in [2.75, 3.05) is 39.6 Å². The zero-order valence-electron chi connectivity index (χ0n) is 16.4. The number of ether oxygens (including phenoxy) is 5. The molecule has 31 heavy (non-hydrogen) atoms. The standard InChI is InChI=1S/C21H19FN2O7/c22-16-11-14(24(25)26)1-2-19(16)31-18-3-4-23-17-13-21-20(12-15(17)18)29-9-7-27-5-6-28-8-10-30-21/h1-4,11-13H,5-10H2. The van der Waals surface area contributed by atoms with E-state index in [0.29, 0.717) is 67.8 Å². The Morgan fingerprint density at radius 2 is 1.58 bits per heavy atom. The normalized spacial score (nSPS) is 15.0. The summed E-state index contributed by atoms with van der Waals surface area (Å²) in [6, 6.07) is 8.17. The van der Waals surface area contributed by atoms with E-state index in [4.69, 9.17) is 23.7 Å². The maximum Gasteiger partial charge on any atom is 0.272 e. The number of nitro groups is 1. The molecule has 0 N–H and O–H groups in total. The van der Waals surface area contributed by atoms with Crippen LogP contribution < -0.4 is 14.2 Å². The van der Waals surface area contributed by atoms with Crippen molar-refractivity contribution < 1.29 is 33.0 Å². The molecular weight excluding hydrogens is 411 g/mol. The molecule has 1 aromatic heterocycles. The molecule has 2 heterocycles. The lowest BCUT2D eigenvalue weighted by Crippen LogP contribution is -2.15. The quantitative estimate of drug-likeness (QED) is 0.456. The summed E-state index contributed by atoms with van der Waals surface area (Å²) >= 11 is 0. The van der Waals surface area contributed by atoms with Crippen molar-refractivity contribution in [3.05, 3.63) is 58.5 Å². The molecule has 0 spiro atoms. The van der Waals surface area contributed by atoms with Gasteiger partial charge in [0.15, 0.2) is 23.1 Å². The third-order valence-electron chi connectivity index (χ3n) is 4.46. The first-order chi connectivity index (χ1) is 15.1. The van der Waals surface area contributed by atoms with Crippen LogP contribution in [0.5, 0.6) is 23.0 Å². The second kappa shape index (κ2) is 9.54. The average molecular weight is 430 g/mol. The lowest BCUT2D eigenvalue weighted by molar-refractivity contribution is -0.385. The molecule has 0 saturated heterocycles. The fourth-order valence-electron chi connectivity index (χ4n) is 2.99. The van der Waals surface area contributed by atoms with Gasteiger partial charge in [0, 0.05) is 23.7 Å². The molecule has 0 bridgehead atoms. The lowest BCUT2D eigenvalue weighted by Gasteiger charge is -2.16. The molecule has 0 saturated carbocycles. The topological polar surface area (TPSA) is 102 Å².